The number of aliphatic hydroxyl groups is 3. The molecule has 4 unspecified atom stereocenters. The molecule has 25 heavy (non-hydrogen) atoms. The van der Waals surface area contributed by atoms with Gasteiger partial charge >= 0.3 is 0 Å². The lowest BCUT2D eigenvalue weighted by Gasteiger charge is -2.36. The summed E-state index contributed by atoms with van der Waals surface area (Å²) in [5.41, 5.74) is 0. The molecule has 1 aliphatic carbocycles. The molecule has 0 spiro atoms. The first-order valence-corrected chi connectivity index (χ1v) is 10.4. The van der Waals surface area contributed by atoms with E-state index in [-0.39, 0.29) is 19.6 Å². The number of aliphatic hydroxyl groups excluding tert-OH is 3. The summed E-state index contributed by atoms with van der Waals surface area (Å²) in [6.45, 7) is 0.798. The molecule has 0 bridgehead atoms. The molecule has 4 atom stereocenters. The zero-order valence-corrected chi connectivity index (χ0v) is 15.7. The van der Waals surface area contributed by atoms with Gasteiger partial charge in [0.2, 0.25) is 0 Å². The molecular weight excluding hydrogens is 320 g/mol. The van der Waals surface area contributed by atoms with Crippen molar-refractivity contribution >= 4 is 0 Å². The second-order valence-electron chi connectivity index (χ2n) is 7.91. The minimum Gasteiger partial charge on any atom is -0.394 e. The summed E-state index contributed by atoms with van der Waals surface area (Å²) in [6.07, 6.45) is 12.4. The fourth-order valence-corrected chi connectivity index (χ4v) is 4.14. The van der Waals surface area contributed by atoms with E-state index in [0.717, 1.165) is 12.3 Å². The lowest BCUT2D eigenvalue weighted by atomic mass is 9.85. The summed E-state index contributed by atoms with van der Waals surface area (Å²) < 4.78 is 11.2. The molecule has 2 aliphatic rings. The van der Waals surface area contributed by atoms with Crippen LogP contribution in [0.25, 0.3) is 0 Å². The summed E-state index contributed by atoms with van der Waals surface area (Å²) in [6, 6.07) is 0. The molecule has 1 saturated carbocycles. The van der Waals surface area contributed by atoms with E-state index < -0.39 is 24.4 Å². The second-order valence-corrected chi connectivity index (χ2v) is 7.91. The van der Waals surface area contributed by atoms with Gasteiger partial charge in [0, 0.05) is 13.0 Å². The van der Waals surface area contributed by atoms with Crippen LogP contribution in [0.15, 0.2) is 0 Å². The van der Waals surface area contributed by atoms with Crippen molar-refractivity contribution in [2.45, 2.75) is 101 Å². The highest BCUT2D eigenvalue weighted by Gasteiger charge is 2.36. The van der Waals surface area contributed by atoms with Crippen LogP contribution in [-0.4, -0.2) is 59.6 Å². The maximum absolute atomic E-state index is 9.92. The van der Waals surface area contributed by atoms with Crippen LogP contribution >= 0.6 is 0 Å². The lowest BCUT2D eigenvalue weighted by Crippen LogP contribution is -2.51. The van der Waals surface area contributed by atoms with Crippen LogP contribution in [0.5, 0.6) is 0 Å². The van der Waals surface area contributed by atoms with Gasteiger partial charge in [-0.2, -0.15) is 0 Å². The first kappa shape index (κ1) is 21.1. The Morgan fingerprint density at radius 2 is 1.64 bits per heavy atom. The van der Waals surface area contributed by atoms with E-state index in [1.54, 1.807) is 0 Å². The highest BCUT2D eigenvalue weighted by atomic mass is 16.6. The third kappa shape index (κ3) is 7.92. The Hall–Kier alpha value is -0.200. The molecule has 0 aromatic carbocycles. The summed E-state index contributed by atoms with van der Waals surface area (Å²) in [5.74, 6) is 0.997. The minimum absolute atomic E-state index is 0.138. The Morgan fingerprint density at radius 1 is 0.920 bits per heavy atom. The van der Waals surface area contributed by atoms with Crippen LogP contribution in [0, 0.1) is 5.92 Å². The molecule has 0 amide bonds. The van der Waals surface area contributed by atoms with Crippen molar-refractivity contribution in [3.8, 4) is 0 Å². The largest absolute Gasteiger partial charge is 0.394 e. The van der Waals surface area contributed by atoms with Gasteiger partial charge in [-0.1, -0.05) is 64.2 Å². The van der Waals surface area contributed by atoms with Gasteiger partial charge in [-0.3, -0.25) is 0 Å². The number of rotatable bonds is 11. The first-order chi connectivity index (χ1) is 12.2. The Labute approximate surface area is 152 Å². The Kier molecular flexibility index (Phi) is 10.3. The fourth-order valence-electron chi connectivity index (χ4n) is 4.14. The molecule has 1 aliphatic heterocycles. The number of unbranched alkanes of at least 4 members (excludes halogenated alkanes) is 4. The van der Waals surface area contributed by atoms with Crippen molar-refractivity contribution in [3.63, 3.8) is 0 Å². The lowest BCUT2D eigenvalue weighted by molar-refractivity contribution is -0.192. The molecule has 148 valence electrons. The zero-order valence-electron chi connectivity index (χ0n) is 15.7. The van der Waals surface area contributed by atoms with Crippen LogP contribution in [0.1, 0.15) is 77.0 Å². The Balaban J connectivity index is 1.42. The van der Waals surface area contributed by atoms with E-state index in [0.29, 0.717) is 6.61 Å². The average molecular weight is 359 g/mol. The smallest absolute Gasteiger partial charge is 0.110 e. The summed E-state index contributed by atoms with van der Waals surface area (Å²) >= 11 is 0. The van der Waals surface area contributed by atoms with Crippen LogP contribution in [0.4, 0.5) is 0 Å². The van der Waals surface area contributed by atoms with Crippen molar-refractivity contribution in [2.75, 3.05) is 19.8 Å². The van der Waals surface area contributed by atoms with Gasteiger partial charge in [0.15, 0.2) is 0 Å². The van der Waals surface area contributed by atoms with Gasteiger partial charge in [-0.15, -0.1) is 0 Å². The maximum atomic E-state index is 9.92. The summed E-state index contributed by atoms with van der Waals surface area (Å²) in [4.78, 5) is 0. The van der Waals surface area contributed by atoms with E-state index in [4.69, 9.17) is 14.6 Å². The first-order valence-electron chi connectivity index (χ1n) is 10.4. The summed E-state index contributed by atoms with van der Waals surface area (Å²) in [5, 5.41) is 28.8. The predicted molar refractivity (Wildman–Crippen MR) is 97.5 cm³/mol. The topological polar surface area (TPSA) is 79.2 Å². The van der Waals surface area contributed by atoms with Crippen molar-refractivity contribution < 1.29 is 24.8 Å². The van der Waals surface area contributed by atoms with Gasteiger partial charge < -0.3 is 24.8 Å². The minimum atomic E-state index is -0.928. The third-order valence-electron chi connectivity index (χ3n) is 5.76. The van der Waals surface area contributed by atoms with Gasteiger partial charge in [0.1, 0.15) is 12.2 Å². The Bertz CT molecular complexity index is 332. The van der Waals surface area contributed by atoms with Crippen LogP contribution < -0.4 is 0 Å². The summed E-state index contributed by atoms with van der Waals surface area (Å²) in [7, 11) is 0. The number of hydrogen-bond donors (Lipinski definition) is 3. The predicted octanol–water partition coefficient (Wildman–Crippen LogP) is 2.80. The number of ether oxygens (including phenoxy) is 2. The molecule has 0 aromatic heterocycles. The Morgan fingerprint density at radius 3 is 2.40 bits per heavy atom. The van der Waals surface area contributed by atoms with Crippen molar-refractivity contribution in [3.05, 3.63) is 0 Å². The fraction of sp³-hybridized carbons (Fsp3) is 1.00. The average Bonchev–Trinajstić information content (AvgIpc) is 2.64. The molecule has 5 heteroatoms. The van der Waals surface area contributed by atoms with Crippen LogP contribution in [0.2, 0.25) is 0 Å². The SMILES string of the molecule is OCC1CC(O)C(O)C(COCCCCCCCC2CCCCC2)O1. The third-order valence-corrected chi connectivity index (χ3v) is 5.76. The van der Waals surface area contributed by atoms with Crippen LogP contribution in [-0.2, 0) is 9.47 Å². The van der Waals surface area contributed by atoms with E-state index in [9.17, 15) is 10.2 Å². The van der Waals surface area contributed by atoms with Gasteiger partial charge in [-0.25, -0.2) is 0 Å². The van der Waals surface area contributed by atoms with E-state index in [2.05, 4.69) is 0 Å². The molecule has 1 saturated heterocycles. The highest BCUT2D eigenvalue weighted by Crippen LogP contribution is 2.28. The normalized spacial score (nSPS) is 31.3. The van der Waals surface area contributed by atoms with Gasteiger partial charge in [-0.05, 0) is 12.3 Å². The zero-order chi connectivity index (χ0) is 17.9. The van der Waals surface area contributed by atoms with E-state index in [1.165, 1.54) is 64.2 Å². The molecule has 3 N–H and O–H groups in total. The van der Waals surface area contributed by atoms with Crippen LogP contribution in [0.3, 0.4) is 0 Å². The molecular formula is C20H38O5. The second kappa shape index (κ2) is 12.2. The van der Waals surface area contributed by atoms with Gasteiger partial charge in [0.05, 0.1) is 25.4 Å². The van der Waals surface area contributed by atoms with Gasteiger partial charge in [0.25, 0.3) is 0 Å². The maximum Gasteiger partial charge on any atom is 0.110 e. The standard InChI is InChI=1S/C20H38O5/c21-14-17-13-18(22)20(23)19(25-17)15-24-12-8-3-1-2-5-9-16-10-6-4-7-11-16/h16-23H,1-15H2. The molecule has 0 aromatic rings. The number of hydrogen-bond acceptors (Lipinski definition) is 5. The molecule has 0 radical (unpaired) electrons. The van der Waals surface area contributed by atoms with E-state index in [1.807, 2.05) is 0 Å². The van der Waals surface area contributed by atoms with Crippen molar-refractivity contribution in [1.29, 1.82) is 0 Å². The molecule has 2 rings (SSSR count). The molecule has 5 nitrogen and oxygen atoms in total. The molecule has 1 heterocycles. The van der Waals surface area contributed by atoms with Crippen molar-refractivity contribution in [2.24, 2.45) is 5.92 Å². The van der Waals surface area contributed by atoms with Crippen molar-refractivity contribution in [1.82, 2.24) is 0 Å². The highest BCUT2D eigenvalue weighted by molar-refractivity contribution is 4.85. The quantitative estimate of drug-likeness (QED) is 0.495. The molecule has 2 fully saturated rings. The van der Waals surface area contributed by atoms with E-state index >= 15 is 0 Å². The monoisotopic (exact) mass is 358 g/mol.